The Bertz CT molecular complexity index is 1370. The van der Waals surface area contributed by atoms with E-state index in [0.29, 0.717) is 14.5 Å². The van der Waals surface area contributed by atoms with E-state index in [4.69, 9.17) is 4.98 Å². The van der Waals surface area contributed by atoms with Crippen molar-refractivity contribution in [3.8, 4) is 11.3 Å². The molecule has 0 spiro atoms. The molecule has 0 radical (unpaired) electrons. The van der Waals surface area contributed by atoms with Crippen LogP contribution in [0.1, 0.15) is 42.7 Å². The maximum absolute atomic E-state index is 4.90. The minimum absolute atomic E-state index is 0.336. The van der Waals surface area contributed by atoms with Crippen LogP contribution in [0.2, 0.25) is 0 Å². The molecule has 0 aliphatic heterocycles. The molecule has 0 amide bonds. The number of aryl methyl sites for hydroxylation is 1. The molecule has 2 heterocycles. The Morgan fingerprint density at radius 1 is 0.862 bits per heavy atom. The number of rotatable bonds is 2. The average Bonchev–Trinajstić information content (AvgIpc) is 3.41. The van der Waals surface area contributed by atoms with Crippen LogP contribution in [0, 0.1) is 6.92 Å². The second kappa shape index (κ2) is 6.83. The fraction of sp³-hybridized carbons (Fsp3) is 0.222. The first-order chi connectivity index (χ1) is 14.3. The first-order valence-corrected chi connectivity index (χ1v) is 12.3. The molecule has 1 fully saturated rings. The van der Waals surface area contributed by atoms with Gasteiger partial charge in [0.2, 0.25) is 0 Å². The first kappa shape index (κ1) is 17.4. The van der Waals surface area contributed by atoms with Gasteiger partial charge in [-0.05, 0) is 0 Å². The third-order valence-corrected chi connectivity index (χ3v) is 9.05. The molecule has 0 unspecified atom stereocenters. The zero-order chi connectivity index (χ0) is 19.4. The summed E-state index contributed by atoms with van der Waals surface area (Å²) in [5.74, 6) is 0.747. The van der Waals surface area contributed by atoms with E-state index in [0.717, 1.165) is 11.6 Å². The molecule has 0 N–H and O–H groups in total. The molecule has 2 aromatic heterocycles. The number of hydrogen-bond acceptors (Lipinski definition) is 1. The third kappa shape index (κ3) is 2.86. The summed E-state index contributed by atoms with van der Waals surface area (Å²) in [5.41, 5.74) is 5.30. The van der Waals surface area contributed by atoms with Gasteiger partial charge in [0, 0.05) is 0 Å². The Morgan fingerprint density at radius 3 is 2.62 bits per heavy atom. The van der Waals surface area contributed by atoms with Gasteiger partial charge in [0.1, 0.15) is 0 Å². The SMILES string of the molecule is Cc1cc(-c2nccc3cc(C4CCCC4)ccc23)c2[se]c3ccccc3c2c1. The second-order valence-electron chi connectivity index (χ2n) is 8.41. The van der Waals surface area contributed by atoms with Crippen molar-refractivity contribution >= 4 is 44.6 Å². The normalized spacial score (nSPS) is 15.1. The van der Waals surface area contributed by atoms with Crippen molar-refractivity contribution in [2.45, 2.75) is 38.5 Å². The molecule has 5 aromatic rings. The van der Waals surface area contributed by atoms with E-state index in [9.17, 15) is 0 Å². The standard InChI is InChI=1S/C27H23NSe/c1-17-14-23-22-8-4-5-9-25(22)29-27(23)24(15-17)26-21-11-10-19(18-6-2-3-7-18)16-20(21)12-13-28-26/h4-5,8-16,18H,2-3,6-7H2,1H3. The minimum atomic E-state index is 0.336. The molecule has 1 aliphatic carbocycles. The molecule has 1 nitrogen and oxygen atoms in total. The van der Waals surface area contributed by atoms with Crippen molar-refractivity contribution in [3.05, 3.63) is 78.0 Å². The Hall–Kier alpha value is -2.41. The number of pyridine rings is 1. The van der Waals surface area contributed by atoms with Gasteiger partial charge >= 0.3 is 177 Å². The van der Waals surface area contributed by atoms with Gasteiger partial charge in [0.25, 0.3) is 0 Å². The van der Waals surface area contributed by atoms with Crippen LogP contribution in [-0.2, 0) is 0 Å². The van der Waals surface area contributed by atoms with Crippen LogP contribution in [-0.4, -0.2) is 19.5 Å². The van der Waals surface area contributed by atoms with E-state index in [1.807, 2.05) is 6.20 Å². The Balaban J connectivity index is 1.60. The number of fused-ring (bicyclic) bond motifs is 4. The number of nitrogens with zero attached hydrogens (tertiary/aromatic N) is 1. The van der Waals surface area contributed by atoms with Crippen LogP contribution in [0.3, 0.4) is 0 Å². The molecule has 0 atom stereocenters. The van der Waals surface area contributed by atoms with E-state index in [2.05, 4.69) is 67.6 Å². The molecule has 3 aromatic carbocycles. The fourth-order valence-corrected chi connectivity index (χ4v) is 7.59. The number of aromatic nitrogens is 1. The van der Waals surface area contributed by atoms with Gasteiger partial charge in [-0.1, -0.05) is 0 Å². The average molecular weight is 440 g/mol. The van der Waals surface area contributed by atoms with Crippen LogP contribution in [0.25, 0.3) is 41.3 Å². The summed E-state index contributed by atoms with van der Waals surface area (Å²) in [4.78, 5) is 4.90. The van der Waals surface area contributed by atoms with Crippen molar-refractivity contribution in [2.24, 2.45) is 0 Å². The molecular formula is C27H23NSe. The predicted molar refractivity (Wildman–Crippen MR) is 125 cm³/mol. The Morgan fingerprint density at radius 2 is 1.72 bits per heavy atom. The summed E-state index contributed by atoms with van der Waals surface area (Å²) in [6.45, 7) is 2.21. The Kier molecular flexibility index (Phi) is 4.11. The van der Waals surface area contributed by atoms with Crippen LogP contribution < -0.4 is 0 Å². The molecule has 0 saturated heterocycles. The van der Waals surface area contributed by atoms with Crippen LogP contribution in [0.4, 0.5) is 0 Å². The predicted octanol–water partition coefficient (Wildman–Crippen LogP) is 7.23. The van der Waals surface area contributed by atoms with Gasteiger partial charge in [-0.25, -0.2) is 0 Å². The molecule has 1 saturated carbocycles. The zero-order valence-electron chi connectivity index (χ0n) is 16.6. The van der Waals surface area contributed by atoms with Gasteiger partial charge in [-0.2, -0.15) is 0 Å². The van der Waals surface area contributed by atoms with Crippen molar-refractivity contribution in [1.82, 2.24) is 4.98 Å². The summed E-state index contributed by atoms with van der Waals surface area (Å²) in [6, 6.07) is 22.9. The topological polar surface area (TPSA) is 12.9 Å². The van der Waals surface area contributed by atoms with Crippen molar-refractivity contribution in [3.63, 3.8) is 0 Å². The Labute approximate surface area is 177 Å². The van der Waals surface area contributed by atoms with Gasteiger partial charge in [0.05, 0.1) is 0 Å². The molecule has 29 heavy (non-hydrogen) atoms. The quantitative estimate of drug-likeness (QED) is 0.264. The summed E-state index contributed by atoms with van der Waals surface area (Å²) in [7, 11) is 0. The van der Waals surface area contributed by atoms with E-state index in [1.54, 1.807) is 0 Å². The molecule has 6 rings (SSSR count). The fourth-order valence-electron chi connectivity index (χ4n) is 5.07. The summed E-state index contributed by atoms with van der Waals surface area (Å²) in [6.07, 6.45) is 7.44. The van der Waals surface area contributed by atoms with Gasteiger partial charge in [-0.15, -0.1) is 0 Å². The maximum atomic E-state index is 4.90. The first-order valence-electron chi connectivity index (χ1n) is 10.6. The van der Waals surface area contributed by atoms with E-state index in [-0.39, 0.29) is 0 Å². The van der Waals surface area contributed by atoms with Crippen LogP contribution in [0.15, 0.2) is 66.9 Å². The van der Waals surface area contributed by atoms with E-state index < -0.39 is 0 Å². The van der Waals surface area contributed by atoms with Gasteiger partial charge in [0.15, 0.2) is 0 Å². The second-order valence-corrected chi connectivity index (χ2v) is 10.6. The number of benzene rings is 3. The summed E-state index contributed by atoms with van der Waals surface area (Å²) >= 11 is 0.336. The molecular weight excluding hydrogens is 417 g/mol. The third-order valence-electron chi connectivity index (χ3n) is 6.49. The van der Waals surface area contributed by atoms with E-state index in [1.165, 1.54) is 72.4 Å². The molecule has 142 valence electrons. The number of hydrogen-bond donors (Lipinski definition) is 0. The van der Waals surface area contributed by atoms with Gasteiger partial charge < -0.3 is 0 Å². The molecule has 2 heteroatoms. The van der Waals surface area contributed by atoms with Crippen molar-refractivity contribution in [2.75, 3.05) is 0 Å². The van der Waals surface area contributed by atoms with E-state index >= 15 is 0 Å². The summed E-state index contributed by atoms with van der Waals surface area (Å²) in [5, 5.41) is 5.44. The van der Waals surface area contributed by atoms with Crippen LogP contribution in [0.5, 0.6) is 0 Å². The zero-order valence-corrected chi connectivity index (χ0v) is 18.3. The van der Waals surface area contributed by atoms with Crippen molar-refractivity contribution < 1.29 is 0 Å². The van der Waals surface area contributed by atoms with Crippen LogP contribution >= 0.6 is 0 Å². The summed E-state index contributed by atoms with van der Waals surface area (Å²) < 4.78 is 2.98. The monoisotopic (exact) mass is 441 g/mol. The molecule has 0 bridgehead atoms. The van der Waals surface area contributed by atoms with Gasteiger partial charge in [-0.3, -0.25) is 0 Å². The molecule has 1 aliphatic rings. The van der Waals surface area contributed by atoms with Crippen molar-refractivity contribution in [1.29, 1.82) is 0 Å².